The Kier molecular flexibility index (Phi) is 9.32. The van der Waals surface area contributed by atoms with Gasteiger partial charge in [0.1, 0.15) is 5.69 Å². The van der Waals surface area contributed by atoms with Gasteiger partial charge in [-0.05, 0) is 49.7 Å². The third-order valence-corrected chi connectivity index (χ3v) is 5.17. The average Bonchev–Trinajstić information content (AvgIpc) is 3.13. The van der Waals surface area contributed by atoms with Crippen molar-refractivity contribution in [1.29, 1.82) is 0 Å². The smallest absolute Gasteiger partial charge is 0.276 e. The van der Waals surface area contributed by atoms with Crippen molar-refractivity contribution < 1.29 is 4.52 Å². The molecule has 0 spiro atoms. The normalized spacial score (nSPS) is 15.5. The Morgan fingerprint density at radius 1 is 1.28 bits per heavy atom. The van der Waals surface area contributed by atoms with Crippen LogP contribution in [-0.2, 0) is 6.42 Å². The van der Waals surface area contributed by atoms with Gasteiger partial charge in [0.25, 0.3) is 5.89 Å². The van der Waals surface area contributed by atoms with Crippen molar-refractivity contribution in [3.63, 3.8) is 0 Å². The first-order chi connectivity index (χ1) is 13.6. The Balaban J connectivity index is 0.00000300. The zero-order valence-corrected chi connectivity index (χ0v) is 20.0. The van der Waals surface area contributed by atoms with Crippen molar-refractivity contribution in [1.82, 2.24) is 25.8 Å². The van der Waals surface area contributed by atoms with Crippen molar-refractivity contribution in [2.45, 2.75) is 52.9 Å². The summed E-state index contributed by atoms with van der Waals surface area (Å²) in [6.45, 7) is 9.13. The highest BCUT2D eigenvalue weighted by molar-refractivity contribution is 14.0. The number of nitrogens with zero attached hydrogens (tertiary/aromatic N) is 4. The fourth-order valence-electron chi connectivity index (χ4n) is 3.80. The Hall–Kier alpha value is -1.71. The number of aliphatic imine (C=N–C) groups is 1. The predicted octanol–water partition coefficient (Wildman–Crippen LogP) is 4.06. The van der Waals surface area contributed by atoms with Crippen LogP contribution in [0.1, 0.15) is 52.3 Å². The number of rotatable bonds is 9. The standard InChI is InChI=1S/C21H32N6O.HI/c1-4-22-20(25-15-21(10-7-11-21)14-16(2)3)24-13-9-18-26-19(28-27-18)17-8-5-6-12-23-17;/h5-6,8,12,16H,4,7,9-11,13-15H2,1-3H3,(H2,22,24,25);1H. The molecule has 3 rings (SSSR count). The van der Waals surface area contributed by atoms with E-state index in [9.17, 15) is 0 Å². The Morgan fingerprint density at radius 3 is 2.72 bits per heavy atom. The molecule has 0 amide bonds. The number of aromatic nitrogens is 3. The molecule has 0 atom stereocenters. The minimum Gasteiger partial charge on any atom is -0.357 e. The van der Waals surface area contributed by atoms with Crippen LogP contribution in [0.4, 0.5) is 0 Å². The Labute approximate surface area is 190 Å². The third-order valence-electron chi connectivity index (χ3n) is 5.17. The van der Waals surface area contributed by atoms with Gasteiger partial charge in [-0.2, -0.15) is 4.98 Å². The maximum Gasteiger partial charge on any atom is 0.276 e. The molecule has 7 nitrogen and oxygen atoms in total. The van der Waals surface area contributed by atoms with E-state index in [1.165, 1.54) is 25.7 Å². The lowest BCUT2D eigenvalue weighted by Crippen LogP contribution is -2.41. The summed E-state index contributed by atoms with van der Waals surface area (Å²) in [5.41, 5.74) is 1.10. The fourth-order valence-corrected chi connectivity index (χ4v) is 3.80. The van der Waals surface area contributed by atoms with Crippen LogP contribution in [0, 0.1) is 11.3 Å². The number of halogens is 1. The van der Waals surface area contributed by atoms with E-state index < -0.39 is 0 Å². The minimum absolute atomic E-state index is 0. The van der Waals surface area contributed by atoms with E-state index in [2.05, 4.69) is 46.5 Å². The quantitative estimate of drug-likeness (QED) is 0.299. The molecule has 0 radical (unpaired) electrons. The van der Waals surface area contributed by atoms with Crippen molar-refractivity contribution in [3.8, 4) is 11.6 Å². The van der Waals surface area contributed by atoms with Crippen LogP contribution in [-0.4, -0.2) is 40.7 Å². The molecule has 1 saturated carbocycles. The van der Waals surface area contributed by atoms with Crippen molar-refractivity contribution in [2.24, 2.45) is 16.3 Å². The summed E-state index contributed by atoms with van der Waals surface area (Å²) in [5.74, 6) is 2.71. The van der Waals surface area contributed by atoms with Gasteiger partial charge in [-0.15, -0.1) is 24.0 Å². The van der Waals surface area contributed by atoms with Gasteiger partial charge in [-0.3, -0.25) is 9.98 Å². The monoisotopic (exact) mass is 512 g/mol. The molecule has 0 saturated heterocycles. The van der Waals surface area contributed by atoms with Gasteiger partial charge in [-0.25, -0.2) is 0 Å². The van der Waals surface area contributed by atoms with E-state index >= 15 is 0 Å². The molecule has 2 aromatic heterocycles. The third kappa shape index (κ3) is 6.94. The second-order valence-corrected chi connectivity index (χ2v) is 8.05. The molecule has 29 heavy (non-hydrogen) atoms. The highest BCUT2D eigenvalue weighted by atomic mass is 127. The molecule has 0 bridgehead atoms. The topological polar surface area (TPSA) is 88.2 Å². The molecule has 1 aliphatic carbocycles. The molecule has 1 aliphatic rings. The van der Waals surface area contributed by atoms with E-state index in [0.717, 1.165) is 25.0 Å². The number of pyridine rings is 1. The minimum atomic E-state index is 0. The van der Waals surface area contributed by atoms with Gasteiger partial charge in [-0.1, -0.05) is 31.5 Å². The molecular formula is C21H33IN6O. The molecule has 2 aromatic rings. The lowest BCUT2D eigenvalue weighted by molar-refractivity contribution is 0.111. The molecule has 8 heteroatoms. The van der Waals surface area contributed by atoms with Gasteiger partial charge in [0.2, 0.25) is 0 Å². The van der Waals surface area contributed by atoms with E-state index in [1.54, 1.807) is 6.20 Å². The number of guanidine groups is 1. The fraction of sp³-hybridized carbons (Fsp3) is 0.619. The van der Waals surface area contributed by atoms with Gasteiger partial charge in [0.15, 0.2) is 11.8 Å². The second kappa shape index (κ2) is 11.5. The van der Waals surface area contributed by atoms with Gasteiger partial charge >= 0.3 is 0 Å². The predicted molar refractivity (Wildman–Crippen MR) is 126 cm³/mol. The van der Waals surface area contributed by atoms with Crippen LogP contribution in [0.5, 0.6) is 0 Å². The summed E-state index contributed by atoms with van der Waals surface area (Å²) in [5, 5.41) is 10.8. The highest BCUT2D eigenvalue weighted by Gasteiger charge is 2.37. The van der Waals surface area contributed by atoms with E-state index in [1.807, 2.05) is 18.2 Å². The summed E-state index contributed by atoms with van der Waals surface area (Å²) < 4.78 is 5.31. The SMILES string of the molecule is CCNC(=NCC1(CC(C)C)CCC1)NCCc1noc(-c2ccccn2)n1.I. The summed E-state index contributed by atoms with van der Waals surface area (Å²) in [6.07, 6.45) is 7.57. The molecule has 0 unspecified atom stereocenters. The summed E-state index contributed by atoms with van der Waals surface area (Å²) in [6, 6.07) is 5.63. The molecule has 0 aromatic carbocycles. The number of hydrogen-bond acceptors (Lipinski definition) is 5. The highest BCUT2D eigenvalue weighted by Crippen LogP contribution is 2.46. The number of hydrogen-bond donors (Lipinski definition) is 2. The van der Waals surface area contributed by atoms with Crippen molar-refractivity contribution in [2.75, 3.05) is 19.6 Å². The Bertz CT molecular complexity index is 758. The largest absolute Gasteiger partial charge is 0.357 e. The first-order valence-corrected chi connectivity index (χ1v) is 10.4. The first kappa shape index (κ1) is 23.6. The zero-order chi connectivity index (χ0) is 19.8. The van der Waals surface area contributed by atoms with E-state index in [4.69, 9.17) is 9.52 Å². The van der Waals surface area contributed by atoms with Crippen LogP contribution in [0.25, 0.3) is 11.6 Å². The second-order valence-electron chi connectivity index (χ2n) is 8.05. The van der Waals surface area contributed by atoms with Gasteiger partial charge in [0, 0.05) is 32.3 Å². The van der Waals surface area contributed by atoms with Crippen LogP contribution in [0.2, 0.25) is 0 Å². The van der Waals surface area contributed by atoms with Crippen molar-refractivity contribution in [3.05, 3.63) is 30.2 Å². The van der Waals surface area contributed by atoms with E-state index in [0.29, 0.717) is 35.8 Å². The molecule has 160 valence electrons. The van der Waals surface area contributed by atoms with E-state index in [-0.39, 0.29) is 24.0 Å². The molecule has 2 heterocycles. The van der Waals surface area contributed by atoms with Crippen LogP contribution in [0.3, 0.4) is 0 Å². The average molecular weight is 512 g/mol. The summed E-state index contributed by atoms with van der Waals surface area (Å²) in [4.78, 5) is 13.5. The van der Waals surface area contributed by atoms with Gasteiger partial charge in [0.05, 0.1) is 0 Å². The lowest BCUT2D eigenvalue weighted by Gasteiger charge is -2.42. The van der Waals surface area contributed by atoms with Gasteiger partial charge < -0.3 is 15.2 Å². The molecule has 0 aliphatic heterocycles. The summed E-state index contributed by atoms with van der Waals surface area (Å²) >= 11 is 0. The maximum atomic E-state index is 5.31. The number of nitrogens with one attached hydrogen (secondary N) is 2. The van der Waals surface area contributed by atoms with Crippen molar-refractivity contribution >= 4 is 29.9 Å². The van der Waals surface area contributed by atoms with Crippen LogP contribution >= 0.6 is 24.0 Å². The summed E-state index contributed by atoms with van der Waals surface area (Å²) in [7, 11) is 0. The Morgan fingerprint density at radius 2 is 2.10 bits per heavy atom. The van der Waals surface area contributed by atoms with Crippen LogP contribution < -0.4 is 10.6 Å². The molecular weight excluding hydrogens is 479 g/mol. The zero-order valence-electron chi connectivity index (χ0n) is 17.6. The molecule has 1 fully saturated rings. The maximum absolute atomic E-state index is 5.31. The van der Waals surface area contributed by atoms with Crippen LogP contribution in [0.15, 0.2) is 33.9 Å². The molecule has 2 N–H and O–H groups in total. The first-order valence-electron chi connectivity index (χ1n) is 10.4. The lowest BCUT2D eigenvalue weighted by atomic mass is 9.64.